The van der Waals surface area contributed by atoms with Crippen LogP contribution in [0.4, 0.5) is 18.2 Å². The molecule has 1 aliphatic heterocycles. The van der Waals surface area contributed by atoms with E-state index in [0.717, 1.165) is 54.3 Å². The monoisotopic (exact) mass is 508 g/mol. The standard InChI is InChI=1S/C23H27F3N6S2/c1-15-12-21(34-31-15)28-13-17-7-10-20(17)29-14-30-22-19(4-3-11-32(22)27-2)16-5-8-18(9-6-16)33-23(24,25)26/h5-6,8-9,12-13,19-20,28-29H,2-4,7,10-11,14H2,1H3/b17-13+,30-22?. The Labute approximate surface area is 205 Å². The fourth-order valence-electron chi connectivity index (χ4n) is 4.11. The quantitative estimate of drug-likeness (QED) is 0.340. The van der Waals surface area contributed by atoms with E-state index in [1.807, 2.05) is 19.2 Å². The molecule has 2 heterocycles. The molecule has 0 spiro atoms. The summed E-state index contributed by atoms with van der Waals surface area (Å²) in [7, 11) is 0. The van der Waals surface area contributed by atoms with E-state index in [0.29, 0.717) is 6.67 Å². The van der Waals surface area contributed by atoms with Crippen LogP contribution in [0.1, 0.15) is 42.9 Å². The number of hydrogen-bond donors (Lipinski definition) is 2. The summed E-state index contributed by atoms with van der Waals surface area (Å²) in [5.74, 6) is 0.770. The van der Waals surface area contributed by atoms with Crippen molar-refractivity contribution in [2.45, 2.75) is 55.0 Å². The van der Waals surface area contributed by atoms with E-state index < -0.39 is 5.51 Å². The number of hydrogen-bond acceptors (Lipinski definition) is 7. The van der Waals surface area contributed by atoms with Crippen LogP contribution >= 0.6 is 23.3 Å². The topological polar surface area (TPSA) is 64.9 Å². The first-order chi connectivity index (χ1) is 16.3. The molecule has 2 aromatic rings. The van der Waals surface area contributed by atoms with Crippen molar-refractivity contribution in [3.8, 4) is 0 Å². The molecule has 2 N–H and O–H groups in total. The molecule has 0 amide bonds. The molecule has 11 heteroatoms. The zero-order valence-corrected chi connectivity index (χ0v) is 20.4. The van der Waals surface area contributed by atoms with Crippen LogP contribution in [0.15, 0.2) is 57.1 Å². The number of anilines is 1. The van der Waals surface area contributed by atoms with E-state index in [2.05, 4.69) is 26.8 Å². The van der Waals surface area contributed by atoms with Gasteiger partial charge in [0.1, 0.15) is 10.8 Å². The van der Waals surface area contributed by atoms with Gasteiger partial charge in [-0.15, -0.1) is 0 Å². The first-order valence-electron chi connectivity index (χ1n) is 11.1. The van der Waals surface area contributed by atoms with Gasteiger partial charge in [-0.2, -0.15) is 22.6 Å². The third-order valence-corrected chi connectivity index (χ3v) is 7.45. The van der Waals surface area contributed by atoms with Crippen LogP contribution in [0.25, 0.3) is 0 Å². The van der Waals surface area contributed by atoms with Crippen molar-refractivity contribution in [1.82, 2.24) is 14.7 Å². The van der Waals surface area contributed by atoms with Crippen molar-refractivity contribution in [1.29, 1.82) is 0 Å². The molecule has 2 fully saturated rings. The van der Waals surface area contributed by atoms with Gasteiger partial charge in [-0.05, 0) is 85.2 Å². The number of aromatic nitrogens is 1. The van der Waals surface area contributed by atoms with Crippen molar-refractivity contribution in [2.24, 2.45) is 10.1 Å². The molecular formula is C23H27F3N6S2. The van der Waals surface area contributed by atoms with Gasteiger partial charge in [0.15, 0.2) is 0 Å². The van der Waals surface area contributed by atoms with Crippen LogP contribution in [0.3, 0.4) is 0 Å². The summed E-state index contributed by atoms with van der Waals surface area (Å²) in [4.78, 5) is 4.99. The lowest BCUT2D eigenvalue weighted by molar-refractivity contribution is -0.0328. The molecular weight excluding hydrogens is 481 g/mol. The van der Waals surface area contributed by atoms with Gasteiger partial charge in [-0.25, -0.2) is 0 Å². The Morgan fingerprint density at radius 3 is 2.71 bits per heavy atom. The molecule has 1 aliphatic carbocycles. The van der Waals surface area contributed by atoms with E-state index in [4.69, 9.17) is 4.99 Å². The number of nitrogens with zero attached hydrogens (tertiary/aromatic N) is 4. The summed E-state index contributed by atoms with van der Waals surface area (Å²) in [6, 6.07) is 8.83. The maximum atomic E-state index is 12.7. The molecule has 2 atom stereocenters. The Bertz CT molecular complexity index is 1050. The summed E-state index contributed by atoms with van der Waals surface area (Å²) in [6.45, 7) is 6.81. The Balaban J connectivity index is 1.40. The smallest absolute Gasteiger partial charge is 0.352 e. The van der Waals surface area contributed by atoms with Crippen molar-refractivity contribution < 1.29 is 13.2 Å². The fourth-order valence-corrected chi connectivity index (χ4v) is 5.28. The Kier molecular flexibility index (Phi) is 7.95. The van der Waals surface area contributed by atoms with Crippen LogP contribution in [0.2, 0.25) is 0 Å². The number of aryl methyl sites for hydroxylation is 1. The number of halogens is 3. The van der Waals surface area contributed by atoms with Crippen LogP contribution in [0.5, 0.6) is 0 Å². The van der Waals surface area contributed by atoms with Crippen molar-refractivity contribution in [2.75, 3.05) is 18.5 Å². The minimum absolute atomic E-state index is 0.0291. The first-order valence-corrected chi connectivity index (χ1v) is 12.7. The summed E-state index contributed by atoms with van der Waals surface area (Å²) in [5, 5.41) is 13.8. The van der Waals surface area contributed by atoms with E-state index in [-0.39, 0.29) is 28.6 Å². The molecule has 4 rings (SSSR count). The summed E-state index contributed by atoms with van der Waals surface area (Å²) < 4.78 is 42.2. The summed E-state index contributed by atoms with van der Waals surface area (Å²) in [5.41, 5.74) is -1.06. The van der Waals surface area contributed by atoms with Crippen molar-refractivity contribution >= 4 is 40.8 Å². The molecule has 2 aliphatic rings. The van der Waals surface area contributed by atoms with Crippen molar-refractivity contribution in [3.05, 3.63) is 53.4 Å². The van der Waals surface area contributed by atoms with Crippen molar-refractivity contribution in [3.63, 3.8) is 0 Å². The second-order valence-corrected chi connectivity index (χ2v) is 10.2. The number of benzene rings is 1. The average Bonchev–Trinajstić information content (AvgIpc) is 3.20. The second-order valence-electron chi connectivity index (χ2n) is 8.24. The molecule has 0 radical (unpaired) electrons. The van der Waals surface area contributed by atoms with Crippen LogP contribution in [-0.2, 0) is 0 Å². The Hall–Kier alpha value is -2.37. The molecule has 182 valence electrons. The van der Waals surface area contributed by atoms with Crippen LogP contribution in [-0.4, -0.2) is 46.7 Å². The third-order valence-electron chi connectivity index (χ3n) is 5.90. The van der Waals surface area contributed by atoms with Gasteiger partial charge >= 0.3 is 5.51 Å². The molecule has 1 aromatic heterocycles. The fraction of sp³-hybridized carbons (Fsp3) is 0.435. The van der Waals surface area contributed by atoms with Gasteiger partial charge in [-0.1, -0.05) is 12.1 Å². The number of aliphatic imine (C=N–C) groups is 1. The normalized spacial score (nSPS) is 23.2. The number of amidine groups is 1. The largest absolute Gasteiger partial charge is 0.446 e. The Morgan fingerprint density at radius 2 is 2.09 bits per heavy atom. The van der Waals surface area contributed by atoms with Gasteiger partial charge in [0.05, 0.1) is 12.4 Å². The van der Waals surface area contributed by atoms with Gasteiger partial charge in [-0.3, -0.25) is 15.3 Å². The minimum atomic E-state index is -4.29. The number of nitrogens with one attached hydrogen (secondary N) is 2. The second kappa shape index (κ2) is 10.9. The highest BCUT2D eigenvalue weighted by Gasteiger charge is 2.31. The average molecular weight is 509 g/mol. The molecule has 1 saturated heterocycles. The van der Waals surface area contributed by atoms with E-state index >= 15 is 0 Å². The number of hydrazone groups is 1. The first kappa shape index (κ1) is 24.7. The highest BCUT2D eigenvalue weighted by atomic mass is 32.2. The number of alkyl halides is 3. The lowest BCUT2D eigenvalue weighted by atomic mass is 9.87. The zero-order valence-electron chi connectivity index (χ0n) is 18.8. The van der Waals surface area contributed by atoms with E-state index in [1.54, 1.807) is 17.1 Å². The van der Waals surface area contributed by atoms with Gasteiger partial charge in [0.2, 0.25) is 0 Å². The van der Waals surface area contributed by atoms with Gasteiger partial charge < -0.3 is 5.32 Å². The summed E-state index contributed by atoms with van der Waals surface area (Å²) in [6.07, 6.45) is 5.90. The Morgan fingerprint density at radius 1 is 1.29 bits per heavy atom. The predicted molar refractivity (Wildman–Crippen MR) is 134 cm³/mol. The molecule has 6 nitrogen and oxygen atoms in total. The van der Waals surface area contributed by atoms with E-state index in [1.165, 1.54) is 29.2 Å². The number of piperidine rings is 1. The highest BCUT2D eigenvalue weighted by Crippen LogP contribution is 2.38. The molecule has 1 saturated carbocycles. The predicted octanol–water partition coefficient (Wildman–Crippen LogP) is 5.96. The van der Waals surface area contributed by atoms with E-state index in [9.17, 15) is 13.2 Å². The number of rotatable bonds is 8. The summed E-state index contributed by atoms with van der Waals surface area (Å²) >= 11 is 1.34. The van der Waals surface area contributed by atoms with Crippen LogP contribution in [0, 0.1) is 6.92 Å². The zero-order chi connectivity index (χ0) is 24.1. The maximum Gasteiger partial charge on any atom is 0.446 e. The SMILES string of the molecule is C=NN1CCCC(c2ccc(SC(F)(F)F)cc2)C1=NCNC1CC/C1=C\Nc1cc(C)ns1. The third kappa shape index (κ3) is 6.39. The minimum Gasteiger partial charge on any atom is -0.352 e. The highest BCUT2D eigenvalue weighted by molar-refractivity contribution is 8.00. The van der Waals surface area contributed by atoms with Gasteiger partial charge in [0, 0.05) is 36.3 Å². The molecule has 0 bridgehead atoms. The lowest BCUT2D eigenvalue weighted by Crippen LogP contribution is -2.41. The van der Waals surface area contributed by atoms with Crippen LogP contribution < -0.4 is 10.6 Å². The molecule has 2 unspecified atom stereocenters. The number of thioether (sulfide) groups is 1. The molecule has 34 heavy (non-hydrogen) atoms. The lowest BCUT2D eigenvalue weighted by Gasteiger charge is -2.34. The molecule has 1 aromatic carbocycles. The van der Waals surface area contributed by atoms with Gasteiger partial charge in [0.25, 0.3) is 0 Å². The maximum absolute atomic E-state index is 12.7.